The largest absolute Gasteiger partial charge is 0.313 e. The van der Waals surface area contributed by atoms with Gasteiger partial charge in [-0.3, -0.25) is 9.69 Å². The van der Waals surface area contributed by atoms with Crippen LogP contribution in [0.4, 0.5) is 5.13 Å². The molecule has 0 fully saturated rings. The number of aryl methyl sites for hydroxylation is 3. The Labute approximate surface area is 191 Å². The van der Waals surface area contributed by atoms with E-state index < -0.39 is 0 Å². The number of fused-ring (bicyclic) bond motifs is 3. The highest BCUT2D eigenvalue weighted by molar-refractivity contribution is 7.14. The number of hydrogen-bond acceptors (Lipinski definition) is 5. The smallest absolute Gasteiger partial charge is 0.262 e. The van der Waals surface area contributed by atoms with Gasteiger partial charge in [-0.2, -0.15) is 0 Å². The van der Waals surface area contributed by atoms with Crippen molar-refractivity contribution in [3.8, 4) is 11.3 Å². The van der Waals surface area contributed by atoms with Gasteiger partial charge in [0, 0.05) is 36.1 Å². The van der Waals surface area contributed by atoms with E-state index in [-0.39, 0.29) is 5.91 Å². The van der Waals surface area contributed by atoms with Gasteiger partial charge < -0.3 is 4.57 Å². The SMILES string of the molecule is C=CCN(C(=O)c1cc(C)nc2c1nc1n2CCCCC1)c1nc(-c2ccccc2)cs1. The first kappa shape index (κ1) is 20.6. The molecule has 0 aliphatic carbocycles. The quantitative estimate of drug-likeness (QED) is 0.386. The van der Waals surface area contributed by atoms with Gasteiger partial charge in [0.1, 0.15) is 11.3 Å². The summed E-state index contributed by atoms with van der Waals surface area (Å²) in [6.45, 7) is 7.07. The number of carbonyl (C=O) groups excluding carboxylic acids is 1. The molecule has 5 rings (SSSR count). The monoisotopic (exact) mass is 443 g/mol. The number of benzene rings is 1. The van der Waals surface area contributed by atoms with Crippen LogP contribution in [0.2, 0.25) is 0 Å². The third-order valence-electron chi connectivity index (χ3n) is 5.77. The maximum Gasteiger partial charge on any atom is 0.262 e. The first-order chi connectivity index (χ1) is 15.7. The van der Waals surface area contributed by atoms with Crippen LogP contribution >= 0.6 is 11.3 Å². The van der Waals surface area contributed by atoms with Gasteiger partial charge >= 0.3 is 0 Å². The Hall–Kier alpha value is -3.32. The zero-order valence-electron chi connectivity index (χ0n) is 18.1. The van der Waals surface area contributed by atoms with Crippen LogP contribution < -0.4 is 4.90 Å². The Balaban J connectivity index is 1.57. The zero-order chi connectivity index (χ0) is 22.1. The van der Waals surface area contributed by atoms with Gasteiger partial charge in [-0.1, -0.05) is 42.8 Å². The van der Waals surface area contributed by atoms with Crippen LogP contribution in [0.3, 0.4) is 0 Å². The van der Waals surface area contributed by atoms with Gasteiger partial charge in [-0.25, -0.2) is 15.0 Å². The van der Waals surface area contributed by atoms with E-state index >= 15 is 0 Å². The Morgan fingerprint density at radius 2 is 2.03 bits per heavy atom. The predicted octanol–water partition coefficient (Wildman–Crippen LogP) is 5.42. The molecule has 0 saturated carbocycles. The molecule has 0 spiro atoms. The summed E-state index contributed by atoms with van der Waals surface area (Å²) in [5.74, 6) is 0.906. The molecular weight excluding hydrogens is 418 g/mol. The van der Waals surface area contributed by atoms with Crippen LogP contribution in [-0.2, 0) is 13.0 Å². The molecule has 1 aliphatic rings. The number of anilines is 1. The van der Waals surface area contributed by atoms with Gasteiger partial charge in [-0.05, 0) is 25.8 Å². The van der Waals surface area contributed by atoms with E-state index in [2.05, 4.69) is 11.1 Å². The molecule has 0 unspecified atom stereocenters. The summed E-state index contributed by atoms with van der Waals surface area (Å²) in [5.41, 5.74) is 4.78. The van der Waals surface area contributed by atoms with E-state index in [9.17, 15) is 4.79 Å². The number of carbonyl (C=O) groups is 1. The molecule has 4 aromatic rings. The summed E-state index contributed by atoms with van der Waals surface area (Å²) in [4.78, 5) is 29.9. The number of imidazole rings is 1. The first-order valence-corrected chi connectivity index (χ1v) is 11.8. The Bertz CT molecular complexity index is 1290. The lowest BCUT2D eigenvalue weighted by atomic mass is 10.1. The van der Waals surface area contributed by atoms with Crippen molar-refractivity contribution < 1.29 is 4.79 Å². The summed E-state index contributed by atoms with van der Waals surface area (Å²) in [6.07, 6.45) is 6.08. The van der Waals surface area contributed by atoms with Crippen LogP contribution in [0.25, 0.3) is 22.4 Å². The fraction of sp³-hybridized carbons (Fsp3) is 0.280. The highest BCUT2D eigenvalue weighted by atomic mass is 32.1. The van der Waals surface area contributed by atoms with Gasteiger partial charge in [0.2, 0.25) is 0 Å². The number of nitrogens with zero attached hydrogens (tertiary/aromatic N) is 5. The third-order valence-corrected chi connectivity index (χ3v) is 6.64. The minimum Gasteiger partial charge on any atom is -0.313 e. The fourth-order valence-corrected chi connectivity index (χ4v) is 5.07. The highest BCUT2D eigenvalue weighted by Crippen LogP contribution is 2.30. The summed E-state index contributed by atoms with van der Waals surface area (Å²) >= 11 is 1.46. The molecule has 1 aromatic carbocycles. The molecule has 0 N–H and O–H groups in total. The van der Waals surface area contributed by atoms with Gasteiger partial charge in [0.05, 0.1) is 11.3 Å². The molecule has 162 valence electrons. The minimum atomic E-state index is -0.123. The molecule has 1 amide bonds. The predicted molar refractivity (Wildman–Crippen MR) is 129 cm³/mol. The number of thiazole rings is 1. The van der Waals surface area contributed by atoms with Crippen molar-refractivity contribution in [1.82, 2.24) is 19.5 Å². The summed E-state index contributed by atoms with van der Waals surface area (Å²) in [6, 6.07) is 11.8. The van der Waals surface area contributed by atoms with Crippen molar-refractivity contribution in [3.05, 3.63) is 71.5 Å². The van der Waals surface area contributed by atoms with Crippen molar-refractivity contribution in [2.75, 3.05) is 11.4 Å². The average molecular weight is 444 g/mol. The molecule has 7 heteroatoms. The van der Waals surface area contributed by atoms with Crippen LogP contribution in [-0.4, -0.2) is 32.0 Å². The van der Waals surface area contributed by atoms with Crippen molar-refractivity contribution in [2.45, 2.75) is 39.2 Å². The van der Waals surface area contributed by atoms with E-state index in [4.69, 9.17) is 15.0 Å². The molecule has 0 saturated heterocycles. The number of pyridine rings is 1. The number of hydrogen-bond donors (Lipinski definition) is 0. The second-order valence-corrected chi connectivity index (χ2v) is 8.90. The third kappa shape index (κ3) is 3.73. The van der Waals surface area contributed by atoms with E-state index in [0.717, 1.165) is 54.2 Å². The summed E-state index contributed by atoms with van der Waals surface area (Å²) < 4.78 is 2.20. The van der Waals surface area contributed by atoms with E-state index in [0.29, 0.717) is 22.8 Å². The van der Waals surface area contributed by atoms with Crippen LogP contribution in [0, 0.1) is 6.92 Å². The van der Waals surface area contributed by atoms with Gasteiger partial charge in [-0.15, -0.1) is 17.9 Å². The van der Waals surface area contributed by atoms with Gasteiger partial charge in [0.15, 0.2) is 10.8 Å². The molecule has 32 heavy (non-hydrogen) atoms. The van der Waals surface area contributed by atoms with Crippen LogP contribution in [0.5, 0.6) is 0 Å². The molecule has 0 bridgehead atoms. The lowest BCUT2D eigenvalue weighted by Gasteiger charge is -2.18. The molecule has 0 atom stereocenters. The fourth-order valence-electron chi connectivity index (χ4n) is 4.23. The van der Waals surface area contributed by atoms with Crippen LogP contribution in [0.1, 0.15) is 41.1 Å². The maximum atomic E-state index is 13.8. The normalized spacial score (nSPS) is 13.5. The Morgan fingerprint density at radius 3 is 2.84 bits per heavy atom. The number of rotatable bonds is 5. The standard InChI is InChI=1S/C25H25N5OS/c1-3-13-30(25-27-20(16-32-25)18-10-6-4-7-11-18)24(31)19-15-17(2)26-23-22(19)28-21-12-8-5-9-14-29(21)23/h3-4,6-7,10-11,15-16H,1,5,8-9,12-14H2,2H3. The number of amides is 1. The second kappa shape index (κ2) is 8.67. The summed E-state index contributed by atoms with van der Waals surface area (Å²) in [7, 11) is 0. The van der Waals surface area contributed by atoms with Crippen LogP contribution in [0.15, 0.2) is 54.4 Å². The van der Waals surface area contributed by atoms with Crippen molar-refractivity contribution in [1.29, 1.82) is 0 Å². The molecule has 0 radical (unpaired) electrons. The Kier molecular flexibility index (Phi) is 5.57. The maximum absolute atomic E-state index is 13.8. The van der Waals surface area contributed by atoms with E-state index in [1.54, 1.807) is 11.0 Å². The lowest BCUT2D eigenvalue weighted by molar-refractivity contribution is 0.0991. The molecular formula is C25H25N5OS. The first-order valence-electron chi connectivity index (χ1n) is 11.0. The second-order valence-electron chi connectivity index (χ2n) is 8.06. The van der Waals surface area contributed by atoms with Crippen molar-refractivity contribution >= 4 is 33.5 Å². The molecule has 3 aromatic heterocycles. The Morgan fingerprint density at radius 1 is 1.19 bits per heavy atom. The van der Waals surface area contributed by atoms with Gasteiger partial charge in [0.25, 0.3) is 5.91 Å². The topological polar surface area (TPSA) is 63.9 Å². The molecule has 6 nitrogen and oxygen atoms in total. The zero-order valence-corrected chi connectivity index (χ0v) is 18.9. The summed E-state index contributed by atoms with van der Waals surface area (Å²) in [5, 5.41) is 2.64. The average Bonchev–Trinajstić information content (AvgIpc) is 3.35. The highest BCUT2D eigenvalue weighted by Gasteiger charge is 2.26. The van der Waals surface area contributed by atoms with E-state index in [1.807, 2.05) is 48.7 Å². The molecule has 1 aliphatic heterocycles. The number of aromatic nitrogens is 4. The minimum absolute atomic E-state index is 0.123. The lowest BCUT2D eigenvalue weighted by Crippen LogP contribution is -2.31. The van der Waals surface area contributed by atoms with E-state index in [1.165, 1.54) is 17.8 Å². The van der Waals surface area contributed by atoms with Crippen molar-refractivity contribution in [3.63, 3.8) is 0 Å². The van der Waals surface area contributed by atoms with Crippen molar-refractivity contribution in [2.24, 2.45) is 0 Å². The molecule has 4 heterocycles.